The first-order chi connectivity index (χ1) is 12.7. The SMILES string of the molecule is Cc1cc(C)c(NC(=O)[C@H](C)[NH+](C)CC(=O)Nc2cccc(F)c2)c(C)c1. The number of quaternary nitrogens is 1. The summed E-state index contributed by atoms with van der Waals surface area (Å²) in [5.41, 5.74) is 4.38. The van der Waals surface area contributed by atoms with Crippen LogP contribution in [0.5, 0.6) is 0 Å². The van der Waals surface area contributed by atoms with E-state index in [1.54, 1.807) is 20.0 Å². The molecule has 2 aromatic rings. The van der Waals surface area contributed by atoms with Crippen LogP contribution in [0.3, 0.4) is 0 Å². The van der Waals surface area contributed by atoms with Crippen molar-refractivity contribution in [3.05, 3.63) is 58.9 Å². The van der Waals surface area contributed by atoms with Gasteiger partial charge in [0, 0.05) is 11.4 Å². The third kappa shape index (κ3) is 5.62. The Labute approximate surface area is 159 Å². The predicted molar refractivity (Wildman–Crippen MR) is 106 cm³/mol. The van der Waals surface area contributed by atoms with E-state index < -0.39 is 11.9 Å². The van der Waals surface area contributed by atoms with Gasteiger partial charge in [-0.15, -0.1) is 0 Å². The summed E-state index contributed by atoms with van der Waals surface area (Å²) in [6.07, 6.45) is 0. The van der Waals surface area contributed by atoms with Gasteiger partial charge in [0.25, 0.3) is 11.8 Å². The minimum atomic E-state index is -0.427. The van der Waals surface area contributed by atoms with Crippen molar-refractivity contribution in [2.24, 2.45) is 0 Å². The summed E-state index contributed by atoms with van der Waals surface area (Å²) < 4.78 is 13.2. The molecule has 0 saturated heterocycles. The lowest BCUT2D eigenvalue weighted by atomic mass is 10.0. The van der Waals surface area contributed by atoms with Crippen LogP contribution in [0.15, 0.2) is 36.4 Å². The molecule has 0 aliphatic heterocycles. The van der Waals surface area contributed by atoms with Gasteiger partial charge < -0.3 is 15.5 Å². The molecule has 27 heavy (non-hydrogen) atoms. The Hall–Kier alpha value is -2.73. The highest BCUT2D eigenvalue weighted by molar-refractivity contribution is 5.95. The van der Waals surface area contributed by atoms with Crippen LogP contribution in [-0.4, -0.2) is 31.4 Å². The van der Waals surface area contributed by atoms with Crippen LogP contribution in [0, 0.1) is 26.6 Å². The monoisotopic (exact) mass is 372 g/mol. The van der Waals surface area contributed by atoms with E-state index in [9.17, 15) is 14.0 Å². The Morgan fingerprint density at radius 3 is 2.30 bits per heavy atom. The number of carbonyl (C=O) groups excluding carboxylic acids is 2. The van der Waals surface area contributed by atoms with Crippen molar-refractivity contribution in [3.8, 4) is 0 Å². The summed E-state index contributed by atoms with van der Waals surface area (Å²) in [5, 5.41) is 5.63. The smallest absolute Gasteiger partial charge is 0.282 e. The molecule has 0 spiro atoms. The Morgan fingerprint density at radius 2 is 1.70 bits per heavy atom. The first-order valence-corrected chi connectivity index (χ1v) is 8.94. The fraction of sp³-hybridized carbons (Fsp3) is 0.333. The van der Waals surface area contributed by atoms with Crippen LogP contribution in [-0.2, 0) is 9.59 Å². The van der Waals surface area contributed by atoms with Gasteiger partial charge in [-0.25, -0.2) is 4.39 Å². The van der Waals surface area contributed by atoms with Crippen molar-refractivity contribution >= 4 is 23.2 Å². The Morgan fingerprint density at radius 1 is 1.07 bits per heavy atom. The second-order valence-electron chi connectivity index (χ2n) is 7.07. The highest BCUT2D eigenvalue weighted by Crippen LogP contribution is 2.21. The third-order valence-corrected chi connectivity index (χ3v) is 4.61. The number of nitrogens with one attached hydrogen (secondary N) is 3. The second-order valence-corrected chi connectivity index (χ2v) is 7.07. The number of amides is 2. The number of benzene rings is 2. The van der Waals surface area contributed by atoms with Gasteiger partial charge in [-0.2, -0.15) is 0 Å². The van der Waals surface area contributed by atoms with Gasteiger partial charge in [0.1, 0.15) is 5.82 Å². The van der Waals surface area contributed by atoms with Gasteiger partial charge in [0.2, 0.25) is 0 Å². The minimum Gasteiger partial charge on any atom is -0.321 e. The summed E-state index contributed by atoms with van der Waals surface area (Å²) in [6.45, 7) is 7.81. The summed E-state index contributed by atoms with van der Waals surface area (Å²) >= 11 is 0. The molecule has 2 rings (SSSR count). The van der Waals surface area contributed by atoms with Crippen molar-refractivity contribution in [2.45, 2.75) is 33.7 Å². The van der Waals surface area contributed by atoms with Gasteiger partial charge >= 0.3 is 0 Å². The molecular weight excluding hydrogens is 345 g/mol. The van der Waals surface area contributed by atoms with Crippen LogP contribution in [0.25, 0.3) is 0 Å². The second kappa shape index (κ2) is 8.77. The number of hydrogen-bond acceptors (Lipinski definition) is 2. The average molecular weight is 372 g/mol. The molecule has 2 amide bonds. The Kier molecular flexibility index (Phi) is 6.69. The fourth-order valence-corrected chi connectivity index (χ4v) is 3.01. The zero-order valence-corrected chi connectivity index (χ0v) is 16.4. The van der Waals surface area contributed by atoms with Gasteiger partial charge in [-0.05, 0) is 57.0 Å². The Balaban J connectivity index is 1.97. The molecule has 1 unspecified atom stereocenters. The van der Waals surface area contributed by atoms with E-state index >= 15 is 0 Å². The van der Waals surface area contributed by atoms with Crippen LogP contribution in [0.4, 0.5) is 15.8 Å². The third-order valence-electron chi connectivity index (χ3n) is 4.61. The molecule has 0 fully saturated rings. The number of hydrogen-bond donors (Lipinski definition) is 3. The van der Waals surface area contributed by atoms with E-state index in [4.69, 9.17) is 0 Å². The summed E-state index contributed by atoms with van der Waals surface area (Å²) in [6, 6.07) is 9.34. The molecule has 2 aromatic carbocycles. The standard InChI is InChI=1S/C21H26FN3O2/c1-13-9-14(2)20(15(3)10-13)24-21(27)16(4)25(5)12-19(26)23-18-8-6-7-17(22)11-18/h6-11,16H,12H2,1-5H3,(H,23,26)(H,24,27)/p+1/t16-/m0/s1. The van der Waals surface area contributed by atoms with Gasteiger partial charge in [0.15, 0.2) is 12.6 Å². The zero-order valence-electron chi connectivity index (χ0n) is 16.4. The van der Waals surface area contributed by atoms with E-state index in [1.165, 1.54) is 18.2 Å². The first-order valence-electron chi connectivity index (χ1n) is 8.94. The lowest BCUT2D eigenvalue weighted by Crippen LogP contribution is -3.14. The number of carbonyl (C=O) groups is 2. The molecule has 2 atom stereocenters. The molecule has 0 aliphatic rings. The quantitative estimate of drug-likeness (QED) is 0.728. The number of likely N-dealkylation sites (N-methyl/N-ethyl adjacent to an activating group) is 1. The van der Waals surface area contributed by atoms with Crippen molar-refractivity contribution < 1.29 is 18.9 Å². The van der Waals surface area contributed by atoms with E-state index in [0.717, 1.165) is 27.3 Å². The number of halogens is 1. The molecule has 0 saturated carbocycles. The maximum Gasteiger partial charge on any atom is 0.282 e. The molecule has 3 N–H and O–H groups in total. The normalized spacial score (nSPS) is 13.0. The summed E-state index contributed by atoms with van der Waals surface area (Å²) in [4.78, 5) is 25.5. The van der Waals surface area contributed by atoms with Crippen molar-refractivity contribution in [2.75, 3.05) is 24.2 Å². The molecule has 5 nitrogen and oxygen atoms in total. The minimum absolute atomic E-state index is 0.0942. The van der Waals surface area contributed by atoms with Gasteiger partial charge in [-0.1, -0.05) is 23.8 Å². The highest BCUT2D eigenvalue weighted by Gasteiger charge is 2.25. The fourth-order valence-electron chi connectivity index (χ4n) is 3.01. The molecular formula is C21H27FN3O2+. The van der Waals surface area contributed by atoms with E-state index in [0.29, 0.717) is 5.69 Å². The first kappa shape index (κ1) is 20.6. The zero-order chi connectivity index (χ0) is 20.1. The molecule has 6 heteroatoms. The van der Waals surface area contributed by atoms with Crippen molar-refractivity contribution in [1.29, 1.82) is 0 Å². The lowest BCUT2D eigenvalue weighted by molar-refractivity contribution is -0.885. The molecule has 0 aromatic heterocycles. The maximum atomic E-state index is 13.2. The number of anilines is 2. The van der Waals surface area contributed by atoms with E-state index in [1.807, 2.05) is 32.9 Å². The van der Waals surface area contributed by atoms with Gasteiger partial charge in [0.05, 0.1) is 7.05 Å². The molecule has 144 valence electrons. The topological polar surface area (TPSA) is 62.6 Å². The predicted octanol–water partition coefficient (Wildman–Crippen LogP) is 2.23. The van der Waals surface area contributed by atoms with Crippen molar-refractivity contribution in [1.82, 2.24) is 0 Å². The van der Waals surface area contributed by atoms with Gasteiger partial charge in [-0.3, -0.25) is 9.59 Å². The Bertz CT molecular complexity index is 828. The summed E-state index contributed by atoms with van der Waals surface area (Å²) in [7, 11) is 1.78. The van der Waals surface area contributed by atoms with Crippen LogP contribution in [0.2, 0.25) is 0 Å². The highest BCUT2D eigenvalue weighted by atomic mass is 19.1. The molecule has 0 radical (unpaired) electrons. The maximum absolute atomic E-state index is 13.2. The van der Waals surface area contributed by atoms with Crippen molar-refractivity contribution in [3.63, 3.8) is 0 Å². The molecule has 0 heterocycles. The largest absolute Gasteiger partial charge is 0.321 e. The lowest BCUT2D eigenvalue weighted by Gasteiger charge is -2.22. The molecule has 0 aliphatic carbocycles. The van der Waals surface area contributed by atoms with E-state index in [2.05, 4.69) is 10.6 Å². The van der Waals surface area contributed by atoms with Crippen LogP contribution < -0.4 is 15.5 Å². The molecule has 0 bridgehead atoms. The van der Waals surface area contributed by atoms with Crippen LogP contribution in [0.1, 0.15) is 23.6 Å². The van der Waals surface area contributed by atoms with E-state index in [-0.39, 0.29) is 18.4 Å². The summed E-state index contributed by atoms with van der Waals surface area (Å²) in [5.74, 6) is -0.841. The average Bonchev–Trinajstić information content (AvgIpc) is 2.56. The number of aryl methyl sites for hydroxylation is 3. The van der Waals surface area contributed by atoms with Crippen LogP contribution >= 0.6 is 0 Å². The number of rotatable bonds is 6.